The van der Waals surface area contributed by atoms with Gasteiger partial charge in [-0.15, -0.1) is 0 Å². The first-order chi connectivity index (χ1) is 44.6. The number of nitrogens with zero attached hydrogens (tertiary/aromatic N) is 1. The summed E-state index contributed by atoms with van der Waals surface area (Å²) in [6.07, 6.45) is 3.63. The third kappa shape index (κ3) is 27.8. The first-order valence-electron chi connectivity index (χ1n) is 32.3. The SMILES string of the molecule is Cc1ccc(-c2ccc(F)cc2)cc1.Cc1ccc(-c2cccc(F)c2)cc1.Cc1ccc(-c2ccccc2F)cc1.Cc1ccc(C(C)(C)C)cc1.Cc1ccc(C)c(C)c1.Cc1ccc(C)cc1.Cc1ccc([Si](C)(C)C)cc1.Cc1cccc(-c2ccncc2)c1. The van der Waals surface area contributed by atoms with Crippen molar-refractivity contribution in [2.45, 2.75) is 122 Å². The van der Waals surface area contributed by atoms with Crippen molar-refractivity contribution in [3.63, 3.8) is 0 Å². The van der Waals surface area contributed by atoms with Crippen LogP contribution in [0.1, 0.15) is 87.5 Å². The van der Waals surface area contributed by atoms with E-state index in [2.05, 4.69) is 235 Å². The molecule has 0 fully saturated rings. The van der Waals surface area contributed by atoms with Gasteiger partial charge in [0.25, 0.3) is 0 Å². The van der Waals surface area contributed by atoms with Crippen molar-refractivity contribution in [1.29, 1.82) is 0 Å². The largest absolute Gasteiger partial charge is 0.265 e. The summed E-state index contributed by atoms with van der Waals surface area (Å²) >= 11 is 0. The van der Waals surface area contributed by atoms with Gasteiger partial charge in [0, 0.05) is 18.0 Å². The summed E-state index contributed by atoms with van der Waals surface area (Å²) in [6, 6.07) is 89.3. The predicted molar refractivity (Wildman–Crippen MR) is 405 cm³/mol. The number of aryl methyl sites for hydroxylation is 11. The number of pyridine rings is 1. The minimum absolute atomic E-state index is 0.170. The maximum atomic E-state index is 13.4. The lowest BCUT2D eigenvalue weighted by atomic mass is 9.87. The maximum absolute atomic E-state index is 13.4. The highest BCUT2D eigenvalue weighted by atomic mass is 28.3. The summed E-state index contributed by atoms with van der Waals surface area (Å²) in [5, 5.41) is 1.54. The predicted octanol–water partition coefficient (Wildman–Crippen LogP) is 25.2. The second kappa shape index (κ2) is 37.9. The van der Waals surface area contributed by atoms with Gasteiger partial charge in [-0.2, -0.15) is 0 Å². The van der Waals surface area contributed by atoms with Crippen molar-refractivity contribution in [1.82, 2.24) is 4.98 Å². The van der Waals surface area contributed by atoms with E-state index in [-0.39, 0.29) is 22.9 Å². The molecule has 0 spiro atoms. The van der Waals surface area contributed by atoms with Gasteiger partial charge in [0.1, 0.15) is 17.5 Å². The molecule has 5 heteroatoms. The number of aromatic nitrogens is 1. The quantitative estimate of drug-likeness (QED) is 0.157. The molecular weight excluding hydrogens is 1170 g/mol. The Morgan fingerprint density at radius 2 is 0.638 bits per heavy atom. The van der Waals surface area contributed by atoms with Crippen LogP contribution in [0.4, 0.5) is 13.2 Å². The zero-order valence-electron chi connectivity index (χ0n) is 58.7. The summed E-state index contributed by atoms with van der Waals surface area (Å²) in [7, 11) is -1.06. The summed E-state index contributed by atoms with van der Waals surface area (Å²) in [4.78, 5) is 3.99. The monoisotopic (exact) mass is 1270 g/mol. The second-order valence-electron chi connectivity index (χ2n) is 26.2. The zero-order valence-corrected chi connectivity index (χ0v) is 59.7. The van der Waals surface area contributed by atoms with E-state index in [9.17, 15) is 13.2 Å². The highest BCUT2D eigenvalue weighted by Gasteiger charge is 2.15. The van der Waals surface area contributed by atoms with Gasteiger partial charge in [-0.3, -0.25) is 4.98 Å². The highest BCUT2D eigenvalue weighted by Crippen LogP contribution is 2.25. The van der Waals surface area contributed by atoms with Crippen molar-refractivity contribution in [3.8, 4) is 44.5 Å². The lowest BCUT2D eigenvalue weighted by Crippen LogP contribution is -2.37. The molecule has 0 saturated carbocycles. The van der Waals surface area contributed by atoms with Crippen LogP contribution >= 0.6 is 0 Å². The van der Waals surface area contributed by atoms with Crippen molar-refractivity contribution in [3.05, 3.63) is 370 Å². The topological polar surface area (TPSA) is 12.9 Å². The third-order valence-corrected chi connectivity index (χ3v) is 17.5. The van der Waals surface area contributed by atoms with Crippen LogP contribution in [0.2, 0.25) is 19.6 Å². The molecule has 484 valence electrons. The number of benzene rings is 11. The molecule has 1 heterocycles. The van der Waals surface area contributed by atoms with Crippen LogP contribution in [0.25, 0.3) is 44.5 Å². The van der Waals surface area contributed by atoms with Crippen LogP contribution in [0.3, 0.4) is 0 Å². The molecular formula is C89H98F3NSi. The number of hydrogen-bond donors (Lipinski definition) is 0. The molecule has 0 aliphatic carbocycles. The molecule has 0 bridgehead atoms. The first kappa shape index (κ1) is 75.3. The van der Waals surface area contributed by atoms with Crippen LogP contribution in [-0.4, -0.2) is 13.1 Å². The Hall–Kier alpha value is -9.42. The van der Waals surface area contributed by atoms with E-state index in [4.69, 9.17) is 0 Å². The summed E-state index contributed by atoms with van der Waals surface area (Å²) in [6.45, 7) is 36.9. The molecule has 11 aromatic carbocycles. The molecule has 0 aliphatic heterocycles. The van der Waals surface area contributed by atoms with E-state index in [1.807, 2.05) is 111 Å². The second-order valence-corrected chi connectivity index (χ2v) is 31.3. The van der Waals surface area contributed by atoms with Crippen LogP contribution in [0.5, 0.6) is 0 Å². The Morgan fingerprint density at radius 1 is 0.277 bits per heavy atom. The summed E-state index contributed by atoms with van der Waals surface area (Å²) in [5.41, 5.74) is 24.3. The third-order valence-electron chi connectivity index (χ3n) is 15.4. The molecule has 0 aliphatic rings. The summed E-state index contributed by atoms with van der Waals surface area (Å²) in [5.74, 6) is -0.555. The van der Waals surface area contributed by atoms with Gasteiger partial charge in [0.15, 0.2) is 0 Å². The van der Waals surface area contributed by atoms with Crippen molar-refractivity contribution in [2.75, 3.05) is 0 Å². The summed E-state index contributed by atoms with van der Waals surface area (Å²) < 4.78 is 39.0. The van der Waals surface area contributed by atoms with Crippen molar-refractivity contribution < 1.29 is 13.2 Å². The molecule has 0 unspecified atom stereocenters. The van der Waals surface area contributed by atoms with E-state index in [0.717, 1.165) is 27.8 Å². The van der Waals surface area contributed by atoms with E-state index in [1.165, 1.54) is 102 Å². The average Bonchev–Trinajstić information content (AvgIpc) is 1.03. The van der Waals surface area contributed by atoms with Gasteiger partial charge in [-0.05, 0) is 180 Å². The Morgan fingerprint density at radius 3 is 1.05 bits per heavy atom. The molecule has 12 rings (SSSR count). The Labute approximate surface area is 564 Å². The normalized spacial score (nSPS) is 10.3. The fourth-order valence-electron chi connectivity index (χ4n) is 9.24. The van der Waals surface area contributed by atoms with E-state index >= 15 is 0 Å². The Bertz CT molecular complexity index is 3990. The maximum Gasteiger partial charge on any atom is 0.131 e. The molecule has 0 N–H and O–H groups in total. The van der Waals surface area contributed by atoms with E-state index < -0.39 is 8.07 Å². The molecule has 0 saturated heterocycles. The fraction of sp³-hybridized carbons (Fsp3) is 0.202. The zero-order chi connectivity index (χ0) is 68.8. The van der Waals surface area contributed by atoms with Gasteiger partial charge in [0.2, 0.25) is 0 Å². The number of halogens is 3. The van der Waals surface area contributed by atoms with Crippen molar-refractivity contribution >= 4 is 13.3 Å². The number of hydrogen-bond acceptors (Lipinski definition) is 1. The van der Waals surface area contributed by atoms with E-state index in [0.29, 0.717) is 5.56 Å². The van der Waals surface area contributed by atoms with Crippen LogP contribution < -0.4 is 5.19 Å². The fourth-order valence-corrected chi connectivity index (χ4v) is 10.4. The molecule has 94 heavy (non-hydrogen) atoms. The van der Waals surface area contributed by atoms with Crippen LogP contribution in [0, 0.1) is 93.6 Å². The number of rotatable bonds is 5. The minimum Gasteiger partial charge on any atom is -0.265 e. The first-order valence-corrected chi connectivity index (χ1v) is 35.8. The van der Waals surface area contributed by atoms with Gasteiger partial charge in [-0.1, -0.05) is 326 Å². The molecule has 0 radical (unpaired) electrons. The smallest absolute Gasteiger partial charge is 0.131 e. The van der Waals surface area contributed by atoms with Crippen LogP contribution in [0.15, 0.2) is 285 Å². The van der Waals surface area contributed by atoms with Gasteiger partial charge in [-0.25, -0.2) is 13.2 Å². The molecule has 1 aromatic heterocycles. The lowest BCUT2D eigenvalue weighted by Gasteiger charge is -2.18. The average molecular weight is 1270 g/mol. The van der Waals surface area contributed by atoms with Gasteiger partial charge >= 0.3 is 0 Å². The Kier molecular flexibility index (Phi) is 30.4. The standard InChI is InChI=1S/3C13H11F.C12H11N.C11H16.C10H16Si.C9H12.C8H10/c1-10-2-4-11(5-3-10)12-6-8-13(14)9-7-12;1-10-5-7-11(8-6-10)12-3-2-4-13(14)9-12;1-10-6-8-11(9-7-10)12-4-2-3-5-13(12)14;1-10-3-2-4-12(9-10)11-5-7-13-8-6-11;2*1-9-5-7-10(8-6-9)11(2,3)4;1-7-4-5-8(2)9(3)6-7;1-7-3-5-8(2)6-4-7/h3*2-9H,1H3;2-9H,1H3;2*5-8H,1-4H3;4-6H,1-3H3;3-6H,1-2H3. The molecule has 1 nitrogen and oxygen atoms in total. The molecule has 0 atom stereocenters. The van der Waals surface area contributed by atoms with Crippen LogP contribution in [-0.2, 0) is 5.41 Å². The van der Waals surface area contributed by atoms with Gasteiger partial charge in [0.05, 0.1) is 8.07 Å². The van der Waals surface area contributed by atoms with E-state index in [1.54, 1.807) is 41.6 Å². The van der Waals surface area contributed by atoms with Crippen molar-refractivity contribution in [2.24, 2.45) is 0 Å². The highest BCUT2D eigenvalue weighted by molar-refractivity contribution is 6.88. The lowest BCUT2D eigenvalue weighted by molar-refractivity contribution is 0.590. The molecule has 12 aromatic rings. The Balaban J connectivity index is 0.000000196. The van der Waals surface area contributed by atoms with Gasteiger partial charge < -0.3 is 0 Å². The molecule has 0 amide bonds. The minimum atomic E-state index is -1.06.